The molecule has 1 aliphatic rings. The normalized spacial score (nSPS) is 17.1. The van der Waals surface area contributed by atoms with Gasteiger partial charge in [0.1, 0.15) is 0 Å². The van der Waals surface area contributed by atoms with Gasteiger partial charge in [0.05, 0.1) is 9.21 Å². The van der Waals surface area contributed by atoms with Crippen LogP contribution >= 0.6 is 34.3 Å². The number of hydrogen-bond donors (Lipinski definition) is 0. The third-order valence-electron chi connectivity index (χ3n) is 2.23. The van der Waals surface area contributed by atoms with Gasteiger partial charge in [0.2, 0.25) is 5.90 Å². The van der Waals surface area contributed by atoms with E-state index >= 15 is 0 Å². The Hall–Kier alpha value is -1.43. The van der Waals surface area contributed by atoms with Crippen LogP contribution in [0.25, 0.3) is 6.08 Å². The Balaban J connectivity index is 1.94. The minimum Gasteiger partial charge on any atom is -0.401 e. The molecule has 0 N–H and O–H groups in total. The Bertz CT molecular complexity index is 655. The number of cyclic esters (lactones) is 1. The lowest BCUT2D eigenvalue weighted by Gasteiger charge is -1.92. The Morgan fingerprint density at radius 2 is 2.22 bits per heavy atom. The zero-order valence-corrected chi connectivity index (χ0v) is 11.3. The molecular weight excluding hydrogens is 290 g/mol. The maximum atomic E-state index is 11.7. The zero-order chi connectivity index (χ0) is 12.5. The molecule has 2 aromatic heterocycles. The van der Waals surface area contributed by atoms with Crippen molar-refractivity contribution in [3.05, 3.63) is 49.4 Å². The molecule has 1 aliphatic heterocycles. The van der Waals surface area contributed by atoms with Crippen molar-refractivity contribution in [2.75, 3.05) is 0 Å². The molecule has 0 amide bonds. The van der Waals surface area contributed by atoms with E-state index in [1.807, 2.05) is 23.6 Å². The summed E-state index contributed by atoms with van der Waals surface area (Å²) in [6.07, 6.45) is 1.68. The summed E-state index contributed by atoms with van der Waals surface area (Å²) in [5.41, 5.74) is 0.303. The molecule has 18 heavy (non-hydrogen) atoms. The molecule has 0 spiro atoms. The predicted octanol–water partition coefficient (Wildman–Crippen LogP) is 3.81. The molecule has 3 nitrogen and oxygen atoms in total. The van der Waals surface area contributed by atoms with E-state index in [1.54, 1.807) is 12.1 Å². The number of halogens is 1. The molecule has 0 atom stereocenters. The van der Waals surface area contributed by atoms with Gasteiger partial charge < -0.3 is 4.74 Å². The smallest absolute Gasteiger partial charge is 0.363 e. The molecule has 0 aromatic carbocycles. The summed E-state index contributed by atoms with van der Waals surface area (Å²) < 4.78 is 5.80. The third kappa shape index (κ3) is 2.25. The molecule has 3 heterocycles. The first-order chi connectivity index (χ1) is 8.72. The lowest BCUT2D eigenvalue weighted by atomic mass is 10.3. The summed E-state index contributed by atoms with van der Waals surface area (Å²) in [4.78, 5) is 17.6. The minimum absolute atomic E-state index is 0.303. The van der Waals surface area contributed by atoms with Crippen LogP contribution < -0.4 is 0 Å². The van der Waals surface area contributed by atoms with Crippen LogP contribution in [0.1, 0.15) is 9.75 Å². The largest absolute Gasteiger partial charge is 0.401 e. The number of nitrogens with zero attached hydrogens (tertiary/aromatic N) is 1. The molecule has 3 rings (SSSR count). The zero-order valence-electron chi connectivity index (χ0n) is 8.92. The van der Waals surface area contributed by atoms with Crippen LogP contribution in [0.5, 0.6) is 0 Å². The highest BCUT2D eigenvalue weighted by Crippen LogP contribution is 2.26. The molecule has 0 radical (unpaired) electrons. The molecule has 0 saturated carbocycles. The topological polar surface area (TPSA) is 38.7 Å². The van der Waals surface area contributed by atoms with Crippen LogP contribution in [-0.4, -0.2) is 11.9 Å². The lowest BCUT2D eigenvalue weighted by Crippen LogP contribution is -2.03. The van der Waals surface area contributed by atoms with Gasteiger partial charge in [-0.2, -0.15) is 0 Å². The highest BCUT2D eigenvalue weighted by molar-refractivity contribution is 7.17. The average Bonchev–Trinajstić information content (AvgIpc) is 3.02. The molecule has 0 bridgehead atoms. The van der Waals surface area contributed by atoms with Gasteiger partial charge in [-0.1, -0.05) is 17.7 Å². The number of aliphatic imine (C=N–C) groups is 1. The minimum atomic E-state index is -0.428. The van der Waals surface area contributed by atoms with E-state index in [0.717, 1.165) is 9.75 Å². The number of hydrogen-bond acceptors (Lipinski definition) is 5. The predicted molar refractivity (Wildman–Crippen MR) is 74.3 cm³/mol. The highest BCUT2D eigenvalue weighted by Gasteiger charge is 2.24. The van der Waals surface area contributed by atoms with Crippen molar-refractivity contribution < 1.29 is 9.53 Å². The van der Waals surface area contributed by atoms with Gasteiger partial charge >= 0.3 is 5.97 Å². The number of ether oxygens (including phenoxy) is 1. The first-order valence-electron chi connectivity index (χ1n) is 5.04. The Labute approximate surface area is 116 Å². The van der Waals surface area contributed by atoms with Crippen LogP contribution in [0.3, 0.4) is 0 Å². The number of esters is 1. The maximum Gasteiger partial charge on any atom is 0.363 e. The van der Waals surface area contributed by atoms with E-state index in [0.29, 0.717) is 15.9 Å². The third-order valence-corrected chi connectivity index (χ3v) is 4.26. The Morgan fingerprint density at radius 3 is 2.89 bits per heavy atom. The summed E-state index contributed by atoms with van der Waals surface area (Å²) in [6.45, 7) is 0. The fourth-order valence-corrected chi connectivity index (χ4v) is 3.10. The molecule has 0 unspecified atom stereocenters. The second-order valence-corrected chi connectivity index (χ2v) is 6.15. The van der Waals surface area contributed by atoms with Gasteiger partial charge in [0.15, 0.2) is 5.70 Å². The standard InChI is InChI=1S/C12H6ClNO2S2/c13-10-4-3-7(18-10)6-8-12(15)16-11(14-8)9-2-1-5-17-9/h1-6H. The second kappa shape index (κ2) is 4.68. The van der Waals surface area contributed by atoms with E-state index < -0.39 is 5.97 Å². The summed E-state index contributed by atoms with van der Waals surface area (Å²) >= 11 is 8.70. The summed E-state index contributed by atoms with van der Waals surface area (Å²) in [6, 6.07) is 7.37. The Kier molecular flexibility index (Phi) is 3.03. The summed E-state index contributed by atoms with van der Waals surface area (Å²) in [5.74, 6) is -0.0631. The van der Waals surface area contributed by atoms with Crippen molar-refractivity contribution in [1.29, 1.82) is 0 Å². The quantitative estimate of drug-likeness (QED) is 0.624. The fourth-order valence-electron chi connectivity index (χ4n) is 1.46. The van der Waals surface area contributed by atoms with E-state index in [2.05, 4.69) is 4.99 Å². The van der Waals surface area contributed by atoms with Gasteiger partial charge in [-0.25, -0.2) is 9.79 Å². The SMILES string of the molecule is O=C1OC(c2cccs2)=NC1=Cc1ccc(Cl)s1. The van der Waals surface area contributed by atoms with Crippen molar-refractivity contribution in [2.45, 2.75) is 0 Å². The van der Waals surface area contributed by atoms with Crippen molar-refractivity contribution in [1.82, 2.24) is 0 Å². The van der Waals surface area contributed by atoms with Crippen LogP contribution in [0, 0.1) is 0 Å². The number of thiophene rings is 2. The van der Waals surface area contributed by atoms with Gasteiger partial charge in [0, 0.05) is 4.88 Å². The molecule has 0 fully saturated rings. The molecule has 0 aliphatic carbocycles. The second-order valence-electron chi connectivity index (χ2n) is 3.46. The lowest BCUT2D eigenvalue weighted by molar-refractivity contribution is -0.129. The highest BCUT2D eigenvalue weighted by atomic mass is 35.5. The van der Waals surface area contributed by atoms with Crippen LogP contribution in [-0.2, 0) is 9.53 Å². The van der Waals surface area contributed by atoms with Gasteiger partial charge in [0.25, 0.3) is 0 Å². The van der Waals surface area contributed by atoms with E-state index in [-0.39, 0.29) is 0 Å². The average molecular weight is 296 g/mol. The van der Waals surface area contributed by atoms with Crippen molar-refractivity contribution in [2.24, 2.45) is 4.99 Å². The summed E-state index contributed by atoms with van der Waals surface area (Å²) in [7, 11) is 0. The van der Waals surface area contributed by atoms with Gasteiger partial charge in [-0.15, -0.1) is 22.7 Å². The van der Waals surface area contributed by atoms with Crippen LogP contribution in [0.4, 0.5) is 0 Å². The van der Waals surface area contributed by atoms with Gasteiger partial charge in [-0.3, -0.25) is 0 Å². The van der Waals surface area contributed by atoms with E-state index in [4.69, 9.17) is 16.3 Å². The number of carbonyl (C=O) groups excluding carboxylic acids is 1. The van der Waals surface area contributed by atoms with Crippen LogP contribution in [0.2, 0.25) is 4.34 Å². The summed E-state index contributed by atoms with van der Waals surface area (Å²) in [5, 5.41) is 1.91. The maximum absolute atomic E-state index is 11.7. The van der Waals surface area contributed by atoms with Crippen LogP contribution in [0.15, 0.2) is 40.3 Å². The fraction of sp³-hybridized carbons (Fsp3) is 0. The van der Waals surface area contributed by atoms with Crippen molar-refractivity contribution >= 4 is 52.2 Å². The Morgan fingerprint density at radius 1 is 1.33 bits per heavy atom. The molecular formula is C12H6ClNO2S2. The molecule has 90 valence electrons. The van der Waals surface area contributed by atoms with E-state index in [9.17, 15) is 4.79 Å². The molecule has 0 saturated heterocycles. The first-order valence-corrected chi connectivity index (χ1v) is 7.11. The molecule has 6 heteroatoms. The van der Waals surface area contributed by atoms with Crippen molar-refractivity contribution in [3.63, 3.8) is 0 Å². The number of carbonyl (C=O) groups is 1. The van der Waals surface area contributed by atoms with Gasteiger partial charge in [-0.05, 0) is 29.7 Å². The monoisotopic (exact) mass is 295 g/mol. The van der Waals surface area contributed by atoms with E-state index in [1.165, 1.54) is 22.7 Å². The van der Waals surface area contributed by atoms with Crippen molar-refractivity contribution in [3.8, 4) is 0 Å². The first kappa shape index (κ1) is 11.6. The number of rotatable bonds is 2. The molecule has 2 aromatic rings.